The van der Waals surface area contributed by atoms with Crippen LogP contribution in [0.2, 0.25) is 0 Å². The first kappa shape index (κ1) is 23.1. The molecule has 3 aromatic carbocycles. The van der Waals surface area contributed by atoms with Crippen molar-refractivity contribution in [2.24, 2.45) is 0 Å². The Bertz CT molecular complexity index is 1210. The third-order valence-corrected chi connectivity index (χ3v) is 6.74. The van der Waals surface area contributed by atoms with E-state index in [1.165, 1.54) is 32.4 Å². The lowest BCUT2D eigenvalue weighted by Crippen LogP contribution is -2.38. The van der Waals surface area contributed by atoms with Gasteiger partial charge in [0.25, 0.3) is 10.0 Å². The van der Waals surface area contributed by atoms with Gasteiger partial charge in [0.15, 0.2) is 11.5 Å². The van der Waals surface area contributed by atoms with E-state index < -0.39 is 22.5 Å². The van der Waals surface area contributed by atoms with Crippen LogP contribution < -0.4 is 19.1 Å². The maximum atomic E-state index is 13.6. The Balaban J connectivity index is 2.00. The summed E-state index contributed by atoms with van der Waals surface area (Å²) in [6, 6.07) is 18.6. The van der Waals surface area contributed by atoms with E-state index in [0.29, 0.717) is 17.1 Å². The molecule has 3 rings (SSSR count). The summed E-state index contributed by atoms with van der Waals surface area (Å²) in [5.41, 5.74) is 2.86. The van der Waals surface area contributed by atoms with Gasteiger partial charge in [0.05, 0.1) is 24.8 Å². The summed E-state index contributed by atoms with van der Waals surface area (Å²) in [4.78, 5) is 12.8. The van der Waals surface area contributed by atoms with Crippen molar-refractivity contribution >= 4 is 27.3 Å². The fourth-order valence-corrected chi connectivity index (χ4v) is 4.60. The van der Waals surface area contributed by atoms with Crippen LogP contribution in [0.3, 0.4) is 0 Å². The molecule has 0 aliphatic carbocycles. The first-order valence-corrected chi connectivity index (χ1v) is 11.4. The Morgan fingerprint density at radius 3 is 2.19 bits per heavy atom. The van der Waals surface area contributed by atoms with Crippen molar-refractivity contribution in [3.8, 4) is 11.5 Å². The fraction of sp³-hybridized carbons (Fsp3) is 0.208. The third-order valence-electron chi connectivity index (χ3n) is 4.97. The van der Waals surface area contributed by atoms with Crippen LogP contribution in [-0.2, 0) is 14.8 Å². The number of anilines is 2. The number of aryl methyl sites for hydroxylation is 2. The molecule has 168 valence electrons. The number of nitrogens with one attached hydrogen (secondary N) is 1. The molecule has 7 nitrogen and oxygen atoms in total. The molecule has 0 radical (unpaired) electrons. The normalized spacial score (nSPS) is 11.0. The number of carbonyl (C=O) groups is 1. The molecule has 32 heavy (non-hydrogen) atoms. The van der Waals surface area contributed by atoms with Gasteiger partial charge in [-0.05, 0) is 49.7 Å². The van der Waals surface area contributed by atoms with Crippen LogP contribution in [0.1, 0.15) is 11.1 Å². The second-order valence-electron chi connectivity index (χ2n) is 7.23. The van der Waals surface area contributed by atoms with Crippen LogP contribution in [0.25, 0.3) is 0 Å². The summed E-state index contributed by atoms with van der Waals surface area (Å²) in [6.07, 6.45) is 0. The molecular weight excluding hydrogens is 428 g/mol. The maximum absolute atomic E-state index is 13.6. The number of ether oxygens (including phenoxy) is 2. The molecular formula is C24H26N2O5S. The molecule has 0 bridgehead atoms. The lowest BCUT2D eigenvalue weighted by atomic mass is 10.2. The van der Waals surface area contributed by atoms with Gasteiger partial charge in [-0.1, -0.05) is 35.9 Å². The average Bonchev–Trinajstić information content (AvgIpc) is 2.79. The molecule has 1 N–H and O–H groups in total. The molecule has 0 spiro atoms. The molecule has 0 unspecified atom stereocenters. The predicted molar refractivity (Wildman–Crippen MR) is 125 cm³/mol. The van der Waals surface area contributed by atoms with Crippen molar-refractivity contribution in [3.05, 3.63) is 77.9 Å². The SMILES string of the molecule is COc1ccc(S(=O)(=O)N(CC(=O)Nc2ccccc2C)c2ccc(C)cc2)cc1OC. The van der Waals surface area contributed by atoms with E-state index in [1.54, 1.807) is 36.4 Å². The maximum Gasteiger partial charge on any atom is 0.264 e. The van der Waals surface area contributed by atoms with Crippen LogP contribution in [0.5, 0.6) is 11.5 Å². The van der Waals surface area contributed by atoms with Gasteiger partial charge in [0, 0.05) is 11.8 Å². The van der Waals surface area contributed by atoms with Crippen molar-refractivity contribution in [2.75, 3.05) is 30.4 Å². The average molecular weight is 455 g/mol. The molecule has 0 saturated carbocycles. The van der Waals surface area contributed by atoms with E-state index in [9.17, 15) is 13.2 Å². The molecule has 0 atom stereocenters. The van der Waals surface area contributed by atoms with Gasteiger partial charge in [-0.2, -0.15) is 0 Å². The van der Waals surface area contributed by atoms with E-state index in [1.807, 2.05) is 26.0 Å². The number of sulfonamides is 1. The number of nitrogens with zero attached hydrogens (tertiary/aromatic N) is 1. The highest BCUT2D eigenvalue weighted by Gasteiger charge is 2.28. The zero-order valence-corrected chi connectivity index (χ0v) is 19.3. The van der Waals surface area contributed by atoms with Crippen LogP contribution >= 0.6 is 0 Å². The number of hydrogen-bond acceptors (Lipinski definition) is 5. The van der Waals surface area contributed by atoms with E-state index in [-0.39, 0.29) is 10.6 Å². The summed E-state index contributed by atoms with van der Waals surface area (Å²) in [5, 5.41) is 2.80. The van der Waals surface area contributed by atoms with E-state index >= 15 is 0 Å². The quantitative estimate of drug-likeness (QED) is 0.553. The largest absolute Gasteiger partial charge is 0.493 e. The molecule has 0 fully saturated rings. The van der Waals surface area contributed by atoms with Crippen molar-refractivity contribution in [3.63, 3.8) is 0 Å². The summed E-state index contributed by atoms with van der Waals surface area (Å²) in [6.45, 7) is 3.38. The molecule has 0 heterocycles. The monoisotopic (exact) mass is 454 g/mol. The Kier molecular flexibility index (Phi) is 7.05. The van der Waals surface area contributed by atoms with Gasteiger partial charge < -0.3 is 14.8 Å². The number of amides is 1. The Morgan fingerprint density at radius 1 is 0.906 bits per heavy atom. The molecule has 0 saturated heterocycles. The zero-order valence-electron chi connectivity index (χ0n) is 18.5. The summed E-state index contributed by atoms with van der Waals surface area (Å²) in [7, 11) is -1.18. The van der Waals surface area contributed by atoms with Crippen LogP contribution in [0.4, 0.5) is 11.4 Å². The first-order chi connectivity index (χ1) is 15.3. The Hall–Kier alpha value is -3.52. The number of para-hydroxylation sites is 1. The lowest BCUT2D eigenvalue weighted by molar-refractivity contribution is -0.114. The molecule has 3 aromatic rings. The molecule has 0 aliphatic heterocycles. The van der Waals surface area contributed by atoms with Crippen molar-refractivity contribution < 1.29 is 22.7 Å². The summed E-state index contributed by atoms with van der Waals surface area (Å²) >= 11 is 0. The van der Waals surface area contributed by atoms with Gasteiger partial charge in [-0.25, -0.2) is 8.42 Å². The standard InChI is InChI=1S/C24H26N2O5S/c1-17-9-11-19(12-10-17)26(16-24(27)25-21-8-6-5-7-18(21)2)32(28,29)20-13-14-22(30-3)23(15-20)31-4/h5-15H,16H2,1-4H3,(H,25,27). The highest BCUT2D eigenvalue weighted by Crippen LogP contribution is 2.32. The van der Waals surface area contributed by atoms with Gasteiger partial charge in [0.2, 0.25) is 5.91 Å². The van der Waals surface area contributed by atoms with Crippen LogP contribution in [0, 0.1) is 13.8 Å². The van der Waals surface area contributed by atoms with Gasteiger partial charge in [-0.15, -0.1) is 0 Å². The van der Waals surface area contributed by atoms with Crippen LogP contribution in [-0.4, -0.2) is 35.1 Å². The predicted octanol–water partition coefficient (Wildman–Crippen LogP) is 4.15. The zero-order chi connectivity index (χ0) is 23.3. The van der Waals surface area contributed by atoms with Gasteiger partial charge in [-0.3, -0.25) is 9.10 Å². The fourth-order valence-electron chi connectivity index (χ4n) is 3.16. The van der Waals surface area contributed by atoms with Crippen molar-refractivity contribution in [2.45, 2.75) is 18.7 Å². The van der Waals surface area contributed by atoms with Gasteiger partial charge in [0.1, 0.15) is 6.54 Å². The number of benzene rings is 3. The van der Waals surface area contributed by atoms with Crippen LogP contribution in [0.15, 0.2) is 71.6 Å². The smallest absolute Gasteiger partial charge is 0.264 e. The second kappa shape index (κ2) is 9.74. The molecule has 1 amide bonds. The second-order valence-corrected chi connectivity index (χ2v) is 9.09. The minimum Gasteiger partial charge on any atom is -0.493 e. The topological polar surface area (TPSA) is 84.9 Å². The van der Waals surface area contributed by atoms with Gasteiger partial charge >= 0.3 is 0 Å². The van der Waals surface area contributed by atoms with E-state index in [4.69, 9.17) is 9.47 Å². The Morgan fingerprint density at radius 2 is 1.56 bits per heavy atom. The molecule has 8 heteroatoms. The molecule has 0 aliphatic rings. The summed E-state index contributed by atoms with van der Waals surface area (Å²) < 4.78 is 38.7. The van der Waals surface area contributed by atoms with Crippen molar-refractivity contribution in [1.82, 2.24) is 0 Å². The third kappa shape index (κ3) is 5.03. The van der Waals surface area contributed by atoms with Crippen molar-refractivity contribution in [1.29, 1.82) is 0 Å². The summed E-state index contributed by atoms with van der Waals surface area (Å²) in [5.74, 6) is 0.233. The first-order valence-electron chi connectivity index (χ1n) is 9.93. The lowest BCUT2D eigenvalue weighted by Gasteiger charge is -2.25. The molecule has 0 aromatic heterocycles. The number of carbonyl (C=O) groups excluding carboxylic acids is 1. The number of hydrogen-bond donors (Lipinski definition) is 1. The highest BCUT2D eigenvalue weighted by molar-refractivity contribution is 7.92. The Labute approximate surface area is 188 Å². The van der Waals surface area contributed by atoms with E-state index in [0.717, 1.165) is 15.4 Å². The van der Waals surface area contributed by atoms with E-state index in [2.05, 4.69) is 5.32 Å². The number of rotatable bonds is 8. The number of methoxy groups -OCH3 is 2. The minimum absolute atomic E-state index is 0.0144. The highest BCUT2D eigenvalue weighted by atomic mass is 32.2. The minimum atomic E-state index is -4.09.